The molecule has 204 valence electrons. The lowest BCUT2D eigenvalue weighted by atomic mass is 9.73. The van der Waals surface area contributed by atoms with Gasteiger partial charge in [0.05, 0.1) is 22.3 Å². The van der Waals surface area contributed by atoms with Crippen LogP contribution in [0, 0.1) is 12.7 Å². The third kappa shape index (κ3) is 4.55. The molecular weight excluding hydrogens is 527 g/mol. The molecule has 1 aliphatic heterocycles. The number of nitrogens with zero attached hydrogens (tertiary/aromatic N) is 4. The number of sulfonamides is 1. The quantitative estimate of drug-likeness (QED) is 0.303. The number of aromatic nitrogens is 3. The minimum absolute atomic E-state index is 0.0336. The summed E-state index contributed by atoms with van der Waals surface area (Å²) in [7, 11) is -2.17. The first kappa shape index (κ1) is 26.2. The molecule has 1 atom stereocenters. The van der Waals surface area contributed by atoms with E-state index in [1.165, 1.54) is 33.1 Å². The van der Waals surface area contributed by atoms with Crippen LogP contribution in [0.1, 0.15) is 23.1 Å². The number of aryl methyl sites for hydroxylation is 2. The Bertz CT molecular complexity index is 1900. The predicted octanol–water partition coefficient (Wildman–Crippen LogP) is 4.75. The van der Waals surface area contributed by atoms with E-state index in [4.69, 9.17) is 0 Å². The largest absolute Gasteiger partial charge is 0.316 e. The Morgan fingerprint density at radius 1 is 1.00 bits per heavy atom. The molecule has 5 aromatic rings. The maximum absolute atomic E-state index is 13.9. The molecule has 1 saturated heterocycles. The van der Waals surface area contributed by atoms with E-state index in [0.717, 1.165) is 39.3 Å². The number of halogens is 1. The number of benzene rings is 3. The molecule has 1 fully saturated rings. The summed E-state index contributed by atoms with van der Waals surface area (Å²) in [5.74, 6) is -0.576. The lowest BCUT2D eigenvalue weighted by Crippen LogP contribution is -2.36. The van der Waals surface area contributed by atoms with Gasteiger partial charge in [-0.2, -0.15) is 9.40 Å². The van der Waals surface area contributed by atoms with E-state index < -0.39 is 21.3 Å². The van der Waals surface area contributed by atoms with Gasteiger partial charge in [0.15, 0.2) is 0 Å². The normalized spacial score (nSPS) is 18.0. The van der Waals surface area contributed by atoms with Crippen LogP contribution in [0.25, 0.3) is 16.6 Å². The number of pyridine rings is 1. The van der Waals surface area contributed by atoms with Crippen molar-refractivity contribution in [3.05, 3.63) is 124 Å². The summed E-state index contributed by atoms with van der Waals surface area (Å²) in [6, 6.07) is 22.8. The third-order valence-corrected chi connectivity index (χ3v) is 9.78. The van der Waals surface area contributed by atoms with Gasteiger partial charge in [-0.05, 0) is 72.9 Å². The molecule has 2 aromatic heterocycles. The molecule has 0 spiro atoms. The van der Waals surface area contributed by atoms with Crippen LogP contribution in [-0.2, 0) is 28.9 Å². The van der Waals surface area contributed by atoms with Crippen LogP contribution in [0.15, 0.2) is 101 Å². The van der Waals surface area contributed by atoms with E-state index >= 15 is 0 Å². The van der Waals surface area contributed by atoms with Gasteiger partial charge in [0.2, 0.25) is 15.6 Å². The Morgan fingerprint density at radius 3 is 2.55 bits per heavy atom. The summed E-state index contributed by atoms with van der Waals surface area (Å²) >= 11 is 0. The van der Waals surface area contributed by atoms with Crippen LogP contribution >= 0.6 is 0 Å². The van der Waals surface area contributed by atoms with E-state index in [0.29, 0.717) is 19.4 Å². The van der Waals surface area contributed by atoms with Crippen molar-refractivity contribution in [2.75, 3.05) is 13.1 Å². The van der Waals surface area contributed by atoms with E-state index in [1.807, 2.05) is 29.8 Å². The van der Waals surface area contributed by atoms with Gasteiger partial charge in [0.25, 0.3) is 0 Å². The summed E-state index contributed by atoms with van der Waals surface area (Å²) in [4.78, 5) is 11.9. The molecule has 40 heavy (non-hydrogen) atoms. The average molecular weight is 557 g/mol. The highest BCUT2D eigenvalue weighted by Crippen LogP contribution is 2.42. The zero-order valence-corrected chi connectivity index (χ0v) is 23.1. The van der Waals surface area contributed by atoms with E-state index in [2.05, 4.69) is 29.4 Å². The second kappa shape index (κ2) is 9.83. The van der Waals surface area contributed by atoms with Crippen molar-refractivity contribution < 1.29 is 12.8 Å². The molecule has 3 heterocycles. The Labute approximate surface area is 232 Å². The molecule has 0 amide bonds. The lowest BCUT2D eigenvalue weighted by molar-refractivity contribution is 0.413. The minimum atomic E-state index is -3.88. The average Bonchev–Trinajstić information content (AvgIpc) is 3.56. The summed E-state index contributed by atoms with van der Waals surface area (Å²) in [6.07, 6.45) is 4.83. The molecule has 0 radical (unpaired) electrons. The number of hydrogen-bond donors (Lipinski definition) is 0. The van der Waals surface area contributed by atoms with Gasteiger partial charge in [-0.15, -0.1) is 0 Å². The first-order valence-electron chi connectivity index (χ1n) is 13.1. The van der Waals surface area contributed by atoms with Gasteiger partial charge in [0, 0.05) is 43.2 Å². The SMILES string of the molecule is Cc1cc2c(cnn2-c2ccc(=O)n(C)c2)cc1C1(Cc2ccccc2)CCN(S(=O)(=O)c2cccc(F)c2)C1. The van der Waals surface area contributed by atoms with Crippen molar-refractivity contribution in [3.63, 3.8) is 0 Å². The van der Waals surface area contributed by atoms with Gasteiger partial charge >= 0.3 is 0 Å². The molecule has 9 heteroatoms. The van der Waals surface area contributed by atoms with Crippen molar-refractivity contribution >= 4 is 20.9 Å². The van der Waals surface area contributed by atoms with Gasteiger partial charge in [-0.1, -0.05) is 36.4 Å². The second-order valence-electron chi connectivity index (χ2n) is 10.6. The molecule has 7 nitrogen and oxygen atoms in total. The molecule has 1 aliphatic rings. The van der Waals surface area contributed by atoms with Crippen LogP contribution in [0.4, 0.5) is 4.39 Å². The van der Waals surface area contributed by atoms with Crippen LogP contribution in [0.5, 0.6) is 0 Å². The molecule has 0 saturated carbocycles. The highest BCUT2D eigenvalue weighted by atomic mass is 32.2. The topological polar surface area (TPSA) is 77.2 Å². The number of fused-ring (bicyclic) bond motifs is 1. The van der Waals surface area contributed by atoms with Crippen molar-refractivity contribution in [2.24, 2.45) is 7.05 Å². The van der Waals surface area contributed by atoms with Crippen LogP contribution < -0.4 is 5.56 Å². The third-order valence-electron chi connectivity index (χ3n) is 7.94. The maximum Gasteiger partial charge on any atom is 0.250 e. The smallest absolute Gasteiger partial charge is 0.250 e. The fourth-order valence-corrected chi connectivity index (χ4v) is 7.48. The number of hydrogen-bond acceptors (Lipinski definition) is 4. The minimum Gasteiger partial charge on any atom is -0.316 e. The van der Waals surface area contributed by atoms with Gasteiger partial charge in [-0.3, -0.25) is 4.79 Å². The van der Waals surface area contributed by atoms with Crippen LogP contribution in [0.2, 0.25) is 0 Å². The lowest BCUT2D eigenvalue weighted by Gasteiger charge is -2.32. The molecule has 6 rings (SSSR count). The summed E-state index contributed by atoms with van der Waals surface area (Å²) < 4.78 is 45.9. The molecule has 0 N–H and O–H groups in total. The Kier molecular flexibility index (Phi) is 6.43. The van der Waals surface area contributed by atoms with Crippen molar-refractivity contribution in [2.45, 2.75) is 30.1 Å². The first-order valence-corrected chi connectivity index (χ1v) is 14.6. The summed E-state index contributed by atoms with van der Waals surface area (Å²) in [5.41, 5.74) is 4.31. The monoisotopic (exact) mass is 556 g/mol. The fraction of sp³-hybridized carbons (Fsp3) is 0.226. The fourth-order valence-electron chi connectivity index (χ4n) is 5.92. The molecule has 1 unspecified atom stereocenters. The highest BCUT2D eigenvalue weighted by Gasteiger charge is 2.45. The predicted molar refractivity (Wildman–Crippen MR) is 153 cm³/mol. The van der Waals surface area contributed by atoms with Crippen LogP contribution in [-0.4, -0.2) is 40.2 Å². The van der Waals surface area contributed by atoms with Gasteiger partial charge < -0.3 is 4.57 Å². The number of rotatable bonds is 6. The first-order chi connectivity index (χ1) is 19.2. The highest BCUT2D eigenvalue weighted by molar-refractivity contribution is 7.89. The molecule has 0 aliphatic carbocycles. The summed E-state index contributed by atoms with van der Waals surface area (Å²) in [6.45, 7) is 2.66. The van der Waals surface area contributed by atoms with Crippen LogP contribution in [0.3, 0.4) is 0 Å². The zero-order chi connectivity index (χ0) is 28.1. The Hall–Kier alpha value is -4.08. The van der Waals surface area contributed by atoms with Gasteiger partial charge in [-0.25, -0.2) is 17.5 Å². The Balaban J connectivity index is 1.45. The van der Waals surface area contributed by atoms with E-state index in [-0.39, 0.29) is 17.0 Å². The zero-order valence-electron chi connectivity index (χ0n) is 22.3. The summed E-state index contributed by atoms with van der Waals surface area (Å²) in [5, 5.41) is 5.54. The van der Waals surface area contributed by atoms with Crippen molar-refractivity contribution in [3.8, 4) is 5.69 Å². The molecule has 0 bridgehead atoms. The molecule has 3 aromatic carbocycles. The van der Waals surface area contributed by atoms with E-state index in [1.54, 1.807) is 25.5 Å². The van der Waals surface area contributed by atoms with Crippen molar-refractivity contribution in [1.29, 1.82) is 0 Å². The standard InChI is InChI=1S/C31H29FN4O3S/c1-22-15-29-24(19-33-36(29)26-11-12-30(37)34(2)20-26)16-28(22)31(18-23-7-4-3-5-8-23)13-14-35(21-31)40(38,39)27-10-6-9-25(32)17-27/h3-12,15-17,19-20H,13-14,18,21H2,1-2H3. The van der Waals surface area contributed by atoms with Gasteiger partial charge in [0.1, 0.15) is 5.82 Å². The van der Waals surface area contributed by atoms with E-state index in [9.17, 15) is 17.6 Å². The molecular formula is C31H29FN4O3S. The maximum atomic E-state index is 13.9. The Morgan fingerprint density at radius 2 is 1.80 bits per heavy atom. The second-order valence-corrected chi connectivity index (χ2v) is 12.5. The van der Waals surface area contributed by atoms with Crippen molar-refractivity contribution in [1.82, 2.24) is 18.7 Å².